The highest BCUT2D eigenvalue weighted by molar-refractivity contribution is 6.32. The van der Waals surface area contributed by atoms with Crippen LogP contribution in [0.2, 0.25) is 5.02 Å². The maximum atomic E-state index is 10.8. The van der Waals surface area contributed by atoms with Gasteiger partial charge in [-0.05, 0) is 116 Å². The standard InChI is InChI=1S/C21H24NO.C18H20NO2.2C16H16NO.C15H13ClNO.C15H13N2O3.6C3H8/c1-16-22(20-10-6-3-7-11-20)15-19-13-12-18(14-21(19)23-16)17-8-4-2-5-9-17;1-3-12-20-17-11-7-8-15-13-19(14(2)21-18(15)17)16-9-5-4-6-10-16;1-12-7-6-8-14-11-17(13(2)18-16(12)14)15-9-4-3-5-10-15;1-12-8-9-14-11-17(13(2)18-16(14)10-12)15-6-4-3-5-7-15;1-11-17(13-7-3-2-4-8-13)10-12-6-5-9-14(16)15(12)18-11;1-11-16(13-5-3-2-4-6-13)10-12-7-8-14(17(18)19)9-15(12)20-11;6*1-3-2/h3,6-7,10-17H,2,4-5,8-9H2,1H3;4-11,13-14H,3,12H2,1-2H3;2*3-11,13H,1-2H3;2-11H,1H3;2-11H,1H3;6*3H2,1-2H3/q6*+1;;;;;;. The summed E-state index contributed by atoms with van der Waals surface area (Å²) < 4.78 is 54.5. The molecular weight excluding hydrogens is 1710 g/mol. The Hall–Kier alpha value is -13.1. The predicted octanol–water partition coefficient (Wildman–Crippen LogP) is 31.6. The molecule has 6 atom stereocenters. The lowest BCUT2D eigenvalue weighted by Gasteiger charge is -2.24. The quantitative estimate of drug-likeness (QED) is 0.0707. The van der Waals surface area contributed by atoms with Gasteiger partial charge in [-0.25, -0.2) is 0 Å². The molecule has 136 heavy (non-hydrogen) atoms. The lowest BCUT2D eigenvalue weighted by atomic mass is 9.84. The molecule has 6 aliphatic heterocycles. The van der Waals surface area contributed by atoms with Crippen molar-refractivity contribution in [3.8, 4) is 40.2 Å². The smallest absolute Gasteiger partial charge is 0.299 e. The van der Waals surface area contributed by atoms with Crippen molar-refractivity contribution in [1.29, 1.82) is 0 Å². The van der Waals surface area contributed by atoms with Crippen molar-refractivity contribution in [2.45, 2.75) is 266 Å². The molecule has 0 radical (unpaired) electrons. The van der Waals surface area contributed by atoms with E-state index in [-0.39, 0.29) is 43.1 Å². The summed E-state index contributed by atoms with van der Waals surface area (Å²) in [6.07, 6.45) is 27.6. The fourth-order valence-electron chi connectivity index (χ4n) is 15.2. The molecule has 0 saturated heterocycles. The number of nitro benzene ring substituents is 1. The fourth-order valence-corrected chi connectivity index (χ4v) is 15.4. The maximum Gasteiger partial charge on any atom is 0.299 e. The van der Waals surface area contributed by atoms with E-state index < -0.39 is 4.92 Å². The van der Waals surface area contributed by atoms with Gasteiger partial charge in [0.1, 0.15) is 23.0 Å². The molecule has 6 heterocycles. The van der Waals surface area contributed by atoms with E-state index >= 15 is 0 Å². The van der Waals surface area contributed by atoms with Crippen molar-refractivity contribution in [3.63, 3.8) is 0 Å². The number of rotatable bonds is 11. The first kappa shape index (κ1) is 108. The Labute approximate surface area is 818 Å². The minimum Gasteiger partial charge on any atom is -0.490 e. The predicted molar refractivity (Wildman–Crippen MR) is 567 cm³/mol. The van der Waals surface area contributed by atoms with Gasteiger partial charge in [0.25, 0.3) is 43.1 Å². The summed E-state index contributed by atoms with van der Waals surface area (Å²) in [5.41, 5.74) is 16.9. The van der Waals surface area contributed by atoms with E-state index in [1.807, 2.05) is 171 Å². The van der Waals surface area contributed by atoms with Crippen LogP contribution in [0.1, 0.15) is 265 Å². The number of non-ortho nitro benzene ring substituents is 1. The summed E-state index contributed by atoms with van der Waals surface area (Å²) in [5.74, 6) is 6.69. The molecule has 12 aromatic rings. The van der Waals surface area contributed by atoms with E-state index in [1.165, 1.54) is 111 Å². The highest BCUT2D eigenvalue weighted by atomic mass is 35.5. The van der Waals surface area contributed by atoms with Gasteiger partial charge in [0, 0.05) is 120 Å². The van der Waals surface area contributed by atoms with Gasteiger partial charge >= 0.3 is 0 Å². The van der Waals surface area contributed by atoms with Gasteiger partial charge in [-0.3, -0.25) is 10.1 Å². The van der Waals surface area contributed by atoms with Crippen molar-refractivity contribution in [2.24, 2.45) is 0 Å². The zero-order valence-electron chi connectivity index (χ0n) is 84.6. The zero-order valence-corrected chi connectivity index (χ0v) is 85.3. The highest BCUT2D eigenvalue weighted by Crippen LogP contribution is 2.40. The molecule has 17 heteroatoms. The number of benzene rings is 12. The molecule has 1 fully saturated rings. The van der Waals surface area contributed by atoms with Crippen LogP contribution in [-0.2, 0) is 0 Å². The van der Waals surface area contributed by atoms with E-state index in [0.29, 0.717) is 17.4 Å². The SMILES string of the molecule is CC1Oc2c(Cl)cccc2C=[N+]1c1ccccc1.CC1Oc2cc(C3CCCCC3)ccc2C=[N+]1c1ccccc1.CC1Oc2cc([N+](=O)[O-])ccc2C=[N+]1c1ccccc1.CCC.CCC.CCC.CCC.CCC.CCC.CCCOc1cccc2c1OC(C)[N+](c1ccccc1)=C2.Cc1ccc2c(c1)OC(C)[N+](c1ccccc1)=C2.Cc1cccc2c1OC(C)[N+](c1ccccc1)=C2. The minimum absolute atomic E-state index is 0.0148. The lowest BCUT2D eigenvalue weighted by molar-refractivity contribution is -0.522. The summed E-state index contributed by atoms with van der Waals surface area (Å²) in [4.78, 5) is 10.4. The largest absolute Gasteiger partial charge is 0.490 e. The number of hydrogen-bond acceptors (Lipinski definition) is 9. The van der Waals surface area contributed by atoms with Crippen LogP contribution in [0, 0.1) is 24.0 Å². The molecule has 0 amide bonds. The lowest BCUT2D eigenvalue weighted by Crippen LogP contribution is -2.30. The Morgan fingerprint density at radius 3 is 1.00 bits per heavy atom. The van der Waals surface area contributed by atoms with Gasteiger partial charge in [0.15, 0.2) is 54.5 Å². The third-order valence-electron chi connectivity index (χ3n) is 21.3. The van der Waals surface area contributed by atoms with Crippen molar-refractivity contribution in [3.05, 3.63) is 356 Å². The van der Waals surface area contributed by atoms with Crippen molar-refractivity contribution >= 4 is 88.7 Å². The Morgan fingerprint density at radius 2 is 0.625 bits per heavy atom. The summed E-state index contributed by atoms with van der Waals surface area (Å²) in [5, 5.41) is 11.4. The molecule has 7 aliphatic rings. The van der Waals surface area contributed by atoms with Gasteiger partial charge < -0.3 is 33.2 Å². The van der Waals surface area contributed by atoms with E-state index in [9.17, 15) is 10.1 Å². The molecule has 16 nitrogen and oxygen atoms in total. The molecule has 19 rings (SSSR count). The second-order valence-corrected chi connectivity index (χ2v) is 34.5. The van der Waals surface area contributed by atoms with E-state index in [0.717, 1.165) is 103 Å². The first-order chi connectivity index (χ1) is 66.0. The van der Waals surface area contributed by atoms with E-state index in [1.54, 1.807) is 6.07 Å². The van der Waals surface area contributed by atoms with Crippen LogP contribution in [0.5, 0.6) is 40.2 Å². The van der Waals surface area contributed by atoms with Crippen LogP contribution >= 0.6 is 11.6 Å². The number of para-hydroxylation sites is 9. The molecule has 1 saturated carbocycles. The summed E-state index contributed by atoms with van der Waals surface area (Å²) in [7, 11) is 0. The van der Waals surface area contributed by atoms with Gasteiger partial charge in [-0.2, -0.15) is 27.5 Å². The monoisotopic (exact) mass is 1860 g/mol. The van der Waals surface area contributed by atoms with E-state index in [2.05, 4.69) is 312 Å². The Balaban J connectivity index is 0.000000194. The maximum absolute atomic E-state index is 10.8. The highest BCUT2D eigenvalue weighted by Gasteiger charge is 2.35. The third kappa shape index (κ3) is 32.3. The number of aryl methyl sites for hydroxylation is 2. The van der Waals surface area contributed by atoms with Crippen LogP contribution in [-0.4, -0.2) is 114 Å². The molecule has 12 aromatic carbocycles. The van der Waals surface area contributed by atoms with Crippen molar-refractivity contribution in [1.82, 2.24) is 0 Å². The van der Waals surface area contributed by atoms with Crippen molar-refractivity contribution in [2.75, 3.05) is 6.61 Å². The van der Waals surface area contributed by atoms with Crippen LogP contribution in [0.25, 0.3) is 0 Å². The topological polar surface area (TPSA) is 126 Å². The number of hydrogen-bond donors (Lipinski definition) is 0. The van der Waals surface area contributed by atoms with Crippen LogP contribution in [0.15, 0.2) is 291 Å². The molecule has 0 aromatic heterocycles. The van der Waals surface area contributed by atoms with Crippen LogP contribution in [0.3, 0.4) is 0 Å². The number of nitrogens with zero attached hydrogens (tertiary/aromatic N) is 7. The van der Waals surface area contributed by atoms with Crippen molar-refractivity contribution < 1.29 is 65.5 Å². The first-order valence-electron chi connectivity index (χ1n) is 49.3. The van der Waals surface area contributed by atoms with Gasteiger partial charge in [0.2, 0.25) is 34.1 Å². The molecule has 716 valence electrons. The minimum atomic E-state index is -0.419. The first-order valence-corrected chi connectivity index (χ1v) is 49.6. The second-order valence-electron chi connectivity index (χ2n) is 34.1. The van der Waals surface area contributed by atoms with Crippen LogP contribution < -0.4 is 33.2 Å². The van der Waals surface area contributed by atoms with E-state index in [4.69, 9.17) is 44.8 Å². The van der Waals surface area contributed by atoms with Gasteiger partial charge in [-0.15, -0.1) is 0 Å². The number of halogens is 1. The summed E-state index contributed by atoms with van der Waals surface area (Å²) in [6.45, 7) is 44.7. The zero-order chi connectivity index (χ0) is 98.3. The molecule has 1 aliphatic carbocycles. The summed E-state index contributed by atoms with van der Waals surface area (Å²) >= 11 is 6.14. The number of nitro groups is 1. The summed E-state index contributed by atoms with van der Waals surface area (Å²) in [6, 6.07) is 97.1. The molecule has 0 spiro atoms. The molecule has 6 unspecified atom stereocenters. The Morgan fingerprint density at radius 1 is 0.324 bits per heavy atom. The molecule has 0 N–H and O–H groups in total. The molecule has 0 bridgehead atoms. The molecular formula is C119H150ClN7O9+6. The van der Waals surface area contributed by atoms with Gasteiger partial charge in [0.05, 0.1) is 56.0 Å². The fraction of sp³-hybridized carbons (Fsp3) is 0.345. The second kappa shape index (κ2) is 58.3. The number of ether oxygens (including phenoxy) is 7. The average molecular weight is 1860 g/mol. The van der Waals surface area contributed by atoms with Gasteiger partial charge in [-0.1, -0.05) is 305 Å². The number of fused-ring (bicyclic) bond motifs is 6. The Bertz CT molecular complexity index is 5680. The van der Waals surface area contributed by atoms with Crippen LogP contribution in [0.4, 0.5) is 39.8 Å². The normalized spacial score (nSPS) is 16.5. The Kier molecular flexibility index (Phi) is 46.4. The average Bonchev–Trinajstić information content (AvgIpc) is 0.867. The third-order valence-corrected chi connectivity index (χ3v) is 21.6.